The van der Waals surface area contributed by atoms with Gasteiger partial charge in [0.15, 0.2) is 6.61 Å². The lowest BCUT2D eigenvalue weighted by molar-refractivity contribution is -0.118. The van der Waals surface area contributed by atoms with E-state index in [9.17, 15) is 9.59 Å². The Morgan fingerprint density at radius 3 is 2.29 bits per heavy atom. The molecule has 0 amide bonds. The van der Waals surface area contributed by atoms with E-state index >= 15 is 0 Å². The van der Waals surface area contributed by atoms with Crippen molar-refractivity contribution in [2.45, 2.75) is 6.92 Å². The summed E-state index contributed by atoms with van der Waals surface area (Å²) in [6.07, 6.45) is 0. The van der Waals surface area contributed by atoms with Gasteiger partial charge in [-0.3, -0.25) is 4.79 Å². The minimum Gasteiger partial charge on any atom is -0.454 e. The molecule has 110 valence electrons. The van der Waals surface area contributed by atoms with Crippen molar-refractivity contribution in [3.05, 3.63) is 41.1 Å². The van der Waals surface area contributed by atoms with Crippen LogP contribution in [0.1, 0.15) is 17.3 Å². The Kier molecular flexibility index (Phi) is 5.49. The van der Waals surface area contributed by atoms with E-state index in [1.807, 2.05) is 19.0 Å². The molecule has 0 radical (unpaired) electrons. The number of nitrogens with zero attached hydrogens (tertiary/aromatic N) is 2. The highest BCUT2D eigenvalue weighted by Crippen LogP contribution is 2.13. The summed E-state index contributed by atoms with van der Waals surface area (Å²) in [5, 5.41) is 8.78. The molecule has 0 aliphatic rings. The highest BCUT2D eigenvalue weighted by molar-refractivity contribution is 6.02. The van der Waals surface area contributed by atoms with Gasteiger partial charge in [0, 0.05) is 25.5 Å². The molecule has 0 spiro atoms. The molecule has 0 aromatic heterocycles. The van der Waals surface area contributed by atoms with Crippen LogP contribution in [0.4, 0.5) is 5.69 Å². The first-order valence-electron chi connectivity index (χ1n) is 6.21. The van der Waals surface area contributed by atoms with E-state index in [1.165, 1.54) is 6.92 Å². The highest BCUT2D eigenvalue weighted by Gasteiger charge is 2.15. The van der Waals surface area contributed by atoms with E-state index < -0.39 is 18.4 Å². The Morgan fingerprint density at radius 1 is 1.29 bits per heavy atom. The van der Waals surface area contributed by atoms with Gasteiger partial charge >= 0.3 is 5.97 Å². The number of nitriles is 1. The Balaban J connectivity index is 2.69. The van der Waals surface area contributed by atoms with Crippen molar-refractivity contribution in [3.8, 4) is 6.07 Å². The third-order valence-corrected chi connectivity index (χ3v) is 2.74. The number of allylic oxidation sites excluding steroid dienone is 1. The van der Waals surface area contributed by atoms with E-state index in [4.69, 9.17) is 15.7 Å². The summed E-state index contributed by atoms with van der Waals surface area (Å²) >= 11 is 0. The number of ether oxygens (including phenoxy) is 1. The number of ketones is 1. The largest absolute Gasteiger partial charge is 0.454 e. The summed E-state index contributed by atoms with van der Waals surface area (Å²) in [5.41, 5.74) is 6.59. The van der Waals surface area contributed by atoms with Crippen molar-refractivity contribution in [1.29, 1.82) is 5.26 Å². The van der Waals surface area contributed by atoms with Crippen molar-refractivity contribution in [2.24, 2.45) is 5.73 Å². The Bertz CT molecular complexity index is 606. The molecule has 21 heavy (non-hydrogen) atoms. The standard InChI is InChI=1S/C15H17N3O3/c1-10(17)13(8-16)14(19)9-21-15(20)11-4-6-12(7-5-11)18(2)3/h4-7H,9,17H2,1-3H3/b13-10-. The molecule has 0 aliphatic heterocycles. The van der Waals surface area contributed by atoms with Gasteiger partial charge in [-0.1, -0.05) is 0 Å². The zero-order chi connectivity index (χ0) is 16.0. The second-order valence-corrected chi connectivity index (χ2v) is 4.61. The predicted molar refractivity (Wildman–Crippen MR) is 78.6 cm³/mol. The first-order valence-corrected chi connectivity index (χ1v) is 6.21. The van der Waals surface area contributed by atoms with E-state index in [2.05, 4.69) is 0 Å². The van der Waals surface area contributed by atoms with E-state index in [-0.39, 0.29) is 11.3 Å². The summed E-state index contributed by atoms with van der Waals surface area (Å²) in [4.78, 5) is 25.3. The van der Waals surface area contributed by atoms with Gasteiger partial charge in [0.05, 0.1) is 5.56 Å². The fraction of sp³-hybridized carbons (Fsp3) is 0.267. The van der Waals surface area contributed by atoms with Crippen LogP contribution in [0.15, 0.2) is 35.5 Å². The van der Waals surface area contributed by atoms with Gasteiger partial charge in [0.2, 0.25) is 5.78 Å². The molecule has 0 heterocycles. The molecule has 0 bridgehead atoms. The van der Waals surface area contributed by atoms with Gasteiger partial charge in [0.1, 0.15) is 11.6 Å². The van der Waals surface area contributed by atoms with Crippen LogP contribution < -0.4 is 10.6 Å². The second kappa shape index (κ2) is 7.10. The van der Waals surface area contributed by atoms with Crippen LogP contribution in [0, 0.1) is 11.3 Å². The first kappa shape index (κ1) is 16.2. The highest BCUT2D eigenvalue weighted by atomic mass is 16.5. The van der Waals surface area contributed by atoms with Gasteiger partial charge in [-0.25, -0.2) is 4.79 Å². The summed E-state index contributed by atoms with van der Waals surface area (Å²) in [6, 6.07) is 8.44. The van der Waals surface area contributed by atoms with Crippen LogP contribution in [0.5, 0.6) is 0 Å². The Labute approximate surface area is 123 Å². The fourth-order valence-corrected chi connectivity index (χ4v) is 1.55. The van der Waals surface area contributed by atoms with E-state index in [0.717, 1.165) is 5.69 Å². The van der Waals surface area contributed by atoms with Gasteiger partial charge in [-0.15, -0.1) is 0 Å². The smallest absolute Gasteiger partial charge is 0.338 e. The molecule has 1 rings (SSSR count). The number of esters is 1. The lowest BCUT2D eigenvalue weighted by Gasteiger charge is -2.12. The SMILES string of the molecule is C/C(N)=C(\C#N)C(=O)COC(=O)c1ccc(N(C)C)cc1. The van der Waals surface area contributed by atoms with E-state index in [0.29, 0.717) is 5.56 Å². The molecule has 6 heteroatoms. The molecule has 1 aromatic rings. The van der Waals surface area contributed by atoms with Crippen LogP contribution in [-0.2, 0) is 9.53 Å². The molecule has 0 fully saturated rings. The summed E-state index contributed by atoms with van der Waals surface area (Å²) < 4.78 is 4.88. The van der Waals surface area contributed by atoms with Crippen LogP contribution >= 0.6 is 0 Å². The van der Waals surface area contributed by atoms with Gasteiger partial charge in [-0.2, -0.15) is 5.26 Å². The predicted octanol–water partition coefficient (Wildman–Crippen LogP) is 1.23. The van der Waals surface area contributed by atoms with Gasteiger partial charge in [0.25, 0.3) is 0 Å². The minimum atomic E-state index is -0.624. The monoisotopic (exact) mass is 287 g/mol. The van der Waals surface area contributed by atoms with Crippen LogP contribution in [-0.4, -0.2) is 32.5 Å². The summed E-state index contributed by atoms with van der Waals surface area (Å²) in [6.45, 7) is 0.934. The fourth-order valence-electron chi connectivity index (χ4n) is 1.55. The van der Waals surface area contributed by atoms with Gasteiger partial charge < -0.3 is 15.4 Å². The summed E-state index contributed by atoms with van der Waals surface area (Å²) in [5.74, 6) is -1.24. The van der Waals surface area contributed by atoms with Crippen LogP contribution in [0.25, 0.3) is 0 Å². The zero-order valence-electron chi connectivity index (χ0n) is 12.2. The number of anilines is 1. The van der Waals surface area contributed by atoms with E-state index in [1.54, 1.807) is 30.3 Å². The number of nitrogens with two attached hydrogens (primary N) is 1. The molecule has 6 nitrogen and oxygen atoms in total. The number of hydrogen-bond donors (Lipinski definition) is 1. The number of rotatable bonds is 5. The third-order valence-electron chi connectivity index (χ3n) is 2.74. The molecular formula is C15H17N3O3. The van der Waals surface area contributed by atoms with Crippen molar-refractivity contribution >= 4 is 17.4 Å². The van der Waals surface area contributed by atoms with Crippen LogP contribution in [0.3, 0.4) is 0 Å². The zero-order valence-corrected chi connectivity index (χ0v) is 12.2. The third kappa shape index (κ3) is 4.35. The lowest BCUT2D eigenvalue weighted by atomic mass is 10.1. The second-order valence-electron chi connectivity index (χ2n) is 4.61. The topological polar surface area (TPSA) is 96.4 Å². The number of hydrogen-bond acceptors (Lipinski definition) is 6. The van der Waals surface area contributed by atoms with Crippen molar-refractivity contribution in [1.82, 2.24) is 0 Å². The molecule has 0 saturated heterocycles. The van der Waals surface area contributed by atoms with Gasteiger partial charge in [-0.05, 0) is 31.2 Å². The minimum absolute atomic E-state index is 0.105. The first-order chi connectivity index (χ1) is 9.86. The molecule has 0 aliphatic carbocycles. The quantitative estimate of drug-likeness (QED) is 0.497. The number of carbonyl (C=O) groups is 2. The maximum atomic E-state index is 11.8. The summed E-state index contributed by atoms with van der Waals surface area (Å²) in [7, 11) is 3.77. The molecule has 0 saturated carbocycles. The average molecular weight is 287 g/mol. The molecular weight excluding hydrogens is 270 g/mol. The van der Waals surface area contributed by atoms with Crippen molar-refractivity contribution < 1.29 is 14.3 Å². The maximum absolute atomic E-state index is 11.8. The van der Waals surface area contributed by atoms with Crippen molar-refractivity contribution in [2.75, 3.05) is 25.6 Å². The number of carbonyl (C=O) groups excluding carboxylic acids is 2. The average Bonchev–Trinajstić information content (AvgIpc) is 2.45. The molecule has 0 atom stereocenters. The number of benzene rings is 1. The Morgan fingerprint density at radius 2 is 1.86 bits per heavy atom. The molecule has 2 N–H and O–H groups in total. The molecule has 0 unspecified atom stereocenters. The lowest BCUT2D eigenvalue weighted by Crippen LogP contribution is -2.17. The molecule has 1 aromatic carbocycles. The normalized spacial score (nSPS) is 11.1. The maximum Gasteiger partial charge on any atom is 0.338 e. The van der Waals surface area contributed by atoms with Crippen LogP contribution in [0.2, 0.25) is 0 Å². The Hall–Kier alpha value is -2.81. The number of Topliss-reactive ketones (excluding diaryl/α,β-unsaturated/α-hetero) is 1. The van der Waals surface area contributed by atoms with Crippen molar-refractivity contribution in [3.63, 3.8) is 0 Å².